The van der Waals surface area contributed by atoms with Gasteiger partial charge in [-0.05, 0) is 43.5 Å². The van der Waals surface area contributed by atoms with Gasteiger partial charge >= 0.3 is 6.18 Å². The van der Waals surface area contributed by atoms with Gasteiger partial charge in [0.1, 0.15) is 6.54 Å². The van der Waals surface area contributed by atoms with Crippen molar-refractivity contribution < 1.29 is 18.0 Å². The monoisotopic (exact) mass is 373 g/mol. The first-order chi connectivity index (χ1) is 12.9. The van der Waals surface area contributed by atoms with Crippen molar-refractivity contribution in [3.05, 3.63) is 59.9 Å². The zero-order valence-electron chi connectivity index (χ0n) is 14.7. The Hall–Kier alpha value is -2.83. The van der Waals surface area contributed by atoms with Gasteiger partial charge in [0.25, 0.3) is 0 Å². The standard InChI is InChI=1S/C20H18F3N3O/c1-13-10-11-14-6-2-4-8-16(14)26(13)18(27)12-25-17-9-5-3-7-15(17)24-19(25)20(21,22)23/h2-9,13H,10-12H2,1H3. The molecule has 27 heavy (non-hydrogen) atoms. The Morgan fingerprint density at radius 3 is 2.63 bits per heavy atom. The number of nitrogens with zero attached hydrogens (tertiary/aromatic N) is 3. The number of anilines is 1. The van der Waals surface area contributed by atoms with Crippen LogP contribution >= 0.6 is 0 Å². The van der Waals surface area contributed by atoms with Gasteiger partial charge in [-0.3, -0.25) is 4.79 Å². The molecular weight excluding hydrogens is 355 g/mol. The molecule has 0 radical (unpaired) electrons. The molecule has 1 amide bonds. The SMILES string of the molecule is CC1CCc2ccccc2N1C(=O)Cn1c(C(F)(F)F)nc2ccccc21. The van der Waals surface area contributed by atoms with Crippen LogP contribution in [0.1, 0.15) is 24.7 Å². The molecule has 2 aromatic carbocycles. The van der Waals surface area contributed by atoms with Crippen molar-refractivity contribution in [3.8, 4) is 0 Å². The second kappa shape index (κ2) is 6.40. The van der Waals surface area contributed by atoms with Crippen molar-refractivity contribution in [1.82, 2.24) is 9.55 Å². The van der Waals surface area contributed by atoms with Crippen LogP contribution in [0.4, 0.5) is 18.9 Å². The summed E-state index contributed by atoms with van der Waals surface area (Å²) in [5, 5.41) is 0. The molecule has 1 aliphatic heterocycles. The van der Waals surface area contributed by atoms with Crippen LogP contribution in [-0.4, -0.2) is 21.5 Å². The Kier molecular flexibility index (Phi) is 4.17. The van der Waals surface area contributed by atoms with Crippen LogP contribution < -0.4 is 4.90 Å². The topological polar surface area (TPSA) is 38.1 Å². The van der Waals surface area contributed by atoms with Crippen molar-refractivity contribution in [2.45, 2.75) is 38.5 Å². The van der Waals surface area contributed by atoms with E-state index in [4.69, 9.17) is 0 Å². The Labute approximate surface area is 154 Å². The van der Waals surface area contributed by atoms with E-state index in [1.165, 1.54) is 6.07 Å². The van der Waals surface area contributed by atoms with Crippen LogP contribution in [0.2, 0.25) is 0 Å². The Bertz CT molecular complexity index is 1010. The van der Waals surface area contributed by atoms with E-state index in [2.05, 4.69) is 4.98 Å². The third-order valence-corrected chi connectivity index (χ3v) is 4.99. The average Bonchev–Trinajstić information content (AvgIpc) is 3.00. The molecule has 0 saturated heterocycles. The van der Waals surface area contributed by atoms with Gasteiger partial charge in [0.05, 0.1) is 11.0 Å². The van der Waals surface area contributed by atoms with Gasteiger partial charge < -0.3 is 9.47 Å². The van der Waals surface area contributed by atoms with E-state index >= 15 is 0 Å². The van der Waals surface area contributed by atoms with E-state index in [0.717, 1.165) is 28.7 Å². The predicted octanol–water partition coefficient (Wildman–Crippen LogP) is 4.42. The van der Waals surface area contributed by atoms with Crippen LogP contribution in [0.15, 0.2) is 48.5 Å². The molecule has 1 aliphatic rings. The third kappa shape index (κ3) is 3.07. The minimum Gasteiger partial charge on any atom is -0.311 e. The van der Waals surface area contributed by atoms with Gasteiger partial charge in [0.15, 0.2) is 0 Å². The number of imidazole rings is 1. The maximum Gasteiger partial charge on any atom is 0.449 e. The van der Waals surface area contributed by atoms with Crippen molar-refractivity contribution >= 4 is 22.6 Å². The van der Waals surface area contributed by atoms with Crippen molar-refractivity contribution in [2.75, 3.05) is 4.90 Å². The highest BCUT2D eigenvalue weighted by Gasteiger charge is 2.39. The number of para-hydroxylation sites is 3. The summed E-state index contributed by atoms with van der Waals surface area (Å²) in [6.07, 6.45) is -3.01. The zero-order chi connectivity index (χ0) is 19.2. The molecule has 0 saturated carbocycles. The largest absolute Gasteiger partial charge is 0.449 e. The lowest BCUT2D eigenvalue weighted by molar-refractivity contribution is -0.147. The molecule has 1 atom stereocenters. The van der Waals surface area contributed by atoms with Crippen LogP contribution in [0.5, 0.6) is 0 Å². The highest BCUT2D eigenvalue weighted by atomic mass is 19.4. The maximum absolute atomic E-state index is 13.5. The van der Waals surface area contributed by atoms with Gasteiger partial charge in [-0.15, -0.1) is 0 Å². The summed E-state index contributed by atoms with van der Waals surface area (Å²) in [7, 11) is 0. The van der Waals surface area contributed by atoms with Crippen molar-refractivity contribution in [3.63, 3.8) is 0 Å². The molecular formula is C20H18F3N3O. The lowest BCUT2D eigenvalue weighted by Crippen LogP contribution is -2.44. The summed E-state index contributed by atoms with van der Waals surface area (Å²) >= 11 is 0. The summed E-state index contributed by atoms with van der Waals surface area (Å²) in [6.45, 7) is 1.51. The highest BCUT2D eigenvalue weighted by molar-refractivity contribution is 5.96. The lowest BCUT2D eigenvalue weighted by atomic mass is 9.96. The quantitative estimate of drug-likeness (QED) is 0.667. The molecule has 0 bridgehead atoms. The predicted molar refractivity (Wildman–Crippen MR) is 96.4 cm³/mol. The third-order valence-electron chi connectivity index (χ3n) is 4.99. The molecule has 0 fully saturated rings. The summed E-state index contributed by atoms with van der Waals surface area (Å²) in [5.41, 5.74) is 2.34. The van der Waals surface area contributed by atoms with Crippen LogP contribution in [0.3, 0.4) is 0 Å². The van der Waals surface area contributed by atoms with E-state index in [0.29, 0.717) is 5.52 Å². The number of halogens is 3. The van der Waals surface area contributed by atoms with Crippen molar-refractivity contribution in [2.24, 2.45) is 0 Å². The van der Waals surface area contributed by atoms with E-state index < -0.39 is 18.5 Å². The summed E-state index contributed by atoms with van der Waals surface area (Å²) in [6, 6.07) is 13.8. The molecule has 1 aromatic heterocycles. The van der Waals surface area contributed by atoms with E-state index in [1.807, 2.05) is 31.2 Å². The molecule has 140 valence electrons. The molecule has 1 unspecified atom stereocenters. The molecule has 0 N–H and O–H groups in total. The Balaban J connectivity index is 1.76. The van der Waals surface area contributed by atoms with Gasteiger partial charge in [-0.1, -0.05) is 30.3 Å². The number of rotatable bonds is 2. The van der Waals surface area contributed by atoms with Crippen LogP contribution in [0, 0.1) is 0 Å². The highest BCUT2D eigenvalue weighted by Crippen LogP contribution is 2.33. The number of alkyl halides is 3. The molecule has 2 heterocycles. The summed E-state index contributed by atoms with van der Waals surface area (Å²) in [5.74, 6) is -1.42. The molecule has 3 aromatic rings. The molecule has 4 rings (SSSR count). The van der Waals surface area contributed by atoms with Gasteiger partial charge in [0, 0.05) is 11.7 Å². The number of carbonyl (C=O) groups excluding carboxylic acids is 1. The van der Waals surface area contributed by atoms with Gasteiger partial charge in [-0.2, -0.15) is 13.2 Å². The minimum absolute atomic E-state index is 0.0727. The summed E-state index contributed by atoms with van der Waals surface area (Å²) in [4.78, 5) is 18.4. The minimum atomic E-state index is -4.63. The number of carbonyl (C=O) groups is 1. The first kappa shape index (κ1) is 17.6. The molecule has 7 heteroatoms. The maximum atomic E-state index is 13.5. The van der Waals surface area contributed by atoms with E-state index in [1.54, 1.807) is 23.1 Å². The number of aryl methyl sites for hydroxylation is 1. The fourth-order valence-corrected chi connectivity index (χ4v) is 3.73. The number of fused-ring (bicyclic) bond motifs is 2. The fourth-order valence-electron chi connectivity index (χ4n) is 3.73. The number of amides is 1. The smallest absolute Gasteiger partial charge is 0.311 e. The molecule has 0 spiro atoms. The molecule has 4 nitrogen and oxygen atoms in total. The number of hydrogen-bond donors (Lipinski definition) is 0. The van der Waals surface area contributed by atoms with Crippen molar-refractivity contribution in [1.29, 1.82) is 0 Å². The number of aromatic nitrogens is 2. The Morgan fingerprint density at radius 2 is 1.85 bits per heavy atom. The lowest BCUT2D eigenvalue weighted by Gasteiger charge is -2.35. The number of benzene rings is 2. The number of hydrogen-bond acceptors (Lipinski definition) is 2. The first-order valence-corrected chi connectivity index (χ1v) is 8.78. The van der Waals surface area contributed by atoms with Gasteiger partial charge in [-0.25, -0.2) is 4.98 Å². The summed E-state index contributed by atoms with van der Waals surface area (Å²) < 4.78 is 41.4. The normalized spacial score (nSPS) is 17.2. The Morgan fingerprint density at radius 1 is 1.15 bits per heavy atom. The molecule has 0 aliphatic carbocycles. The van der Waals surface area contributed by atoms with Crippen LogP contribution in [-0.2, 0) is 23.9 Å². The first-order valence-electron chi connectivity index (χ1n) is 8.78. The van der Waals surface area contributed by atoms with E-state index in [-0.39, 0.29) is 17.5 Å². The zero-order valence-corrected chi connectivity index (χ0v) is 14.7. The average molecular weight is 373 g/mol. The second-order valence-electron chi connectivity index (χ2n) is 6.79. The van der Waals surface area contributed by atoms with Crippen LogP contribution in [0.25, 0.3) is 11.0 Å². The van der Waals surface area contributed by atoms with Gasteiger partial charge in [0.2, 0.25) is 11.7 Å². The van der Waals surface area contributed by atoms with E-state index in [9.17, 15) is 18.0 Å². The second-order valence-corrected chi connectivity index (χ2v) is 6.79. The fraction of sp³-hybridized carbons (Fsp3) is 0.300.